The molecule has 26 heavy (non-hydrogen) atoms. The number of anilines is 1. The van der Waals surface area contributed by atoms with Crippen molar-refractivity contribution in [3.63, 3.8) is 0 Å². The van der Waals surface area contributed by atoms with Gasteiger partial charge in [0.15, 0.2) is 11.5 Å². The van der Waals surface area contributed by atoms with Gasteiger partial charge in [-0.2, -0.15) is 0 Å². The number of rotatable bonds is 5. The Hall–Kier alpha value is -2.81. The van der Waals surface area contributed by atoms with Crippen LogP contribution in [0, 0.1) is 0 Å². The summed E-state index contributed by atoms with van der Waals surface area (Å²) in [6.45, 7) is 0. The van der Waals surface area contributed by atoms with Crippen LogP contribution in [-0.2, 0) is 0 Å². The van der Waals surface area contributed by atoms with Gasteiger partial charge in [-0.1, -0.05) is 11.2 Å². The van der Waals surface area contributed by atoms with Crippen LogP contribution in [0.1, 0.15) is 28.9 Å². The molecule has 0 spiro atoms. The molecule has 1 aliphatic heterocycles. The normalized spacial score (nSPS) is 18.7. The zero-order valence-electron chi connectivity index (χ0n) is 14.7. The Balaban J connectivity index is 1.82. The maximum absolute atomic E-state index is 5.68. The van der Waals surface area contributed by atoms with Gasteiger partial charge in [-0.15, -0.1) is 11.3 Å². The highest BCUT2D eigenvalue weighted by atomic mass is 32.1. The van der Waals surface area contributed by atoms with E-state index < -0.39 is 0 Å². The van der Waals surface area contributed by atoms with Gasteiger partial charge in [-0.05, 0) is 40.4 Å². The molecule has 8 nitrogen and oxygen atoms in total. The lowest BCUT2D eigenvalue weighted by Crippen LogP contribution is -2.28. The lowest BCUT2D eigenvalue weighted by Gasteiger charge is -2.31. The van der Waals surface area contributed by atoms with Crippen LogP contribution in [0.4, 0.5) is 5.95 Å². The first kappa shape index (κ1) is 16.6. The minimum atomic E-state index is -0.0943. The number of thiophene rings is 1. The van der Waals surface area contributed by atoms with Crippen LogP contribution in [0.3, 0.4) is 0 Å². The second-order valence-electron chi connectivity index (χ2n) is 5.83. The predicted molar refractivity (Wildman–Crippen MR) is 97.4 cm³/mol. The lowest BCUT2D eigenvalue weighted by atomic mass is 9.95. The minimum Gasteiger partial charge on any atom is -0.493 e. The smallest absolute Gasteiger partial charge is 0.244 e. The number of ether oxygens (including phenoxy) is 3. The molecular formula is C17H19N5O3S. The summed E-state index contributed by atoms with van der Waals surface area (Å²) in [5, 5.41) is 17.6. The fourth-order valence-corrected chi connectivity index (χ4v) is 4.15. The van der Waals surface area contributed by atoms with E-state index in [1.54, 1.807) is 37.3 Å². The van der Waals surface area contributed by atoms with E-state index in [1.807, 2.05) is 18.2 Å². The van der Waals surface area contributed by atoms with Crippen molar-refractivity contribution in [1.82, 2.24) is 20.2 Å². The van der Waals surface area contributed by atoms with Crippen molar-refractivity contribution in [2.75, 3.05) is 26.6 Å². The van der Waals surface area contributed by atoms with Gasteiger partial charge in [0.05, 0.1) is 33.4 Å². The van der Waals surface area contributed by atoms with Crippen LogP contribution in [0.5, 0.6) is 17.2 Å². The molecule has 2 atom stereocenters. The minimum absolute atomic E-state index is 0.0943. The molecule has 0 radical (unpaired) electrons. The largest absolute Gasteiger partial charge is 0.493 e. The molecule has 0 aliphatic carbocycles. The van der Waals surface area contributed by atoms with E-state index in [0.29, 0.717) is 23.2 Å². The van der Waals surface area contributed by atoms with Crippen molar-refractivity contribution in [2.24, 2.45) is 0 Å². The quantitative estimate of drug-likeness (QED) is 0.736. The van der Waals surface area contributed by atoms with E-state index >= 15 is 0 Å². The molecule has 2 aromatic heterocycles. The third-order valence-corrected chi connectivity index (χ3v) is 5.52. The Kier molecular flexibility index (Phi) is 4.37. The van der Waals surface area contributed by atoms with E-state index in [9.17, 15) is 0 Å². The monoisotopic (exact) mass is 373 g/mol. The molecule has 0 saturated heterocycles. The van der Waals surface area contributed by atoms with E-state index in [4.69, 9.17) is 14.2 Å². The molecule has 1 aromatic carbocycles. The maximum atomic E-state index is 5.68. The van der Waals surface area contributed by atoms with E-state index in [-0.39, 0.29) is 12.1 Å². The average Bonchev–Trinajstić information content (AvgIpc) is 3.37. The Morgan fingerprint density at radius 2 is 1.96 bits per heavy atom. The van der Waals surface area contributed by atoms with Crippen molar-refractivity contribution in [3.05, 3.63) is 40.1 Å². The van der Waals surface area contributed by atoms with Crippen molar-refractivity contribution in [1.29, 1.82) is 0 Å². The van der Waals surface area contributed by atoms with Crippen LogP contribution in [0.2, 0.25) is 0 Å². The number of hydrogen-bond donors (Lipinski definition) is 1. The van der Waals surface area contributed by atoms with Gasteiger partial charge in [-0.25, -0.2) is 4.68 Å². The fourth-order valence-electron chi connectivity index (χ4n) is 3.36. The Morgan fingerprint density at radius 3 is 2.65 bits per heavy atom. The van der Waals surface area contributed by atoms with Gasteiger partial charge in [0.1, 0.15) is 0 Å². The van der Waals surface area contributed by atoms with Gasteiger partial charge in [0, 0.05) is 10.4 Å². The number of fused-ring (bicyclic) bond motifs is 1. The molecule has 3 heterocycles. The van der Waals surface area contributed by atoms with Gasteiger partial charge in [0.2, 0.25) is 11.7 Å². The molecule has 2 unspecified atom stereocenters. The number of hydrogen-bond acceptors (Lipinski definition) is 8. The van der Waals surface area contributed by atoms with Crippen molar-refractivity contribution < 1.29 is 14.2 Å². The van der Waals surface area contributed by atoms with Crippen molar-refractivity contribution >= 4 is 17.3 Å². The van der Waals surface area contributed by atoms with Gasteiger partial charge >= 0.3 is 0 Å². The summed E-state index contributed by atoms with van der Waals surface area (Å²) in [6.07, 6.45) is 0.782. The summed E-state index contributed by atoms with van der Waals surface area (Å²) in [4.78, 5) is 1.24. The third kappa shape index (κ3) is 2.64. The third-order valence-electron chi connectivity index (χ3n) is 4.53. The molecule has 9 heteroatoms. The number of nitrogens with zero attached hydrogens (tertiary/aromatic N) is 4. The summed E-state index contributed by atoms with van der Waals surface area (Å²) in [6, 6.07) is 8.05. The second-order valence-corrected chi connectivity index (χ2v) is 6.81. The van der Waals surface area contributed by atoms with Crippen LogP contribution in [0.15, 0.2) is 29.6 Å². The van der Waals surface area contributed by atoms with E-state index in [0.717, 1.165) is 12.0 Å². The standard InChI is InChI=1S/C17H19N5O3S/c1-23-13-7-6-10(15(24-2)16(13)25-3)12-9-11(14-5-4-8-26-14)18-17-19-20-21-22(12)17/h4-8,11-12H,9H2,1-3H3,(H,18,19,21). The summed E-state index contributed by atoms with van der Waals surface area (Å²) < 4.78 is 18.4. The first-order valence-corrected chi connectivity index (χ1v) is 9.01. The van der Waals surface area contributed by atoms with Crippen LogP contribution >= 0.6 is 11.3 Å². The van der Waals surface area contributed by atoms with Gasteiger partial charge in [-0.3, -0.25) is 0 Å². The second kappa shape index (κ2) is 6.83. The van der Waals surface area contributed by atoms with Crippen LogP contribution < -0.4 is 19.5 Å². The molecule has 0 saturated carbocycles. The Bertz CT molecular complexity index is 896. The highest BCUT2D eigenvalue weighted by Gasteiger charge is 2.34. The average molecular weight is 373 g/mol. The zero-order valence-corrected chi connectivity index (χ0v) is 15.5. The molecular weight excluding hydrogens is 354 g/mol. The number of benzene rings is 1. The van der Waals surface area contributed by atoms with Crippen molar-refractivity contribution in [3.8, 4) is 17.2 Å². The highest BCUT2D eigenvalue weighted by molar-refractivity contribution is 7.10. The molecule has 0 fully saturated rings. The lowest BCUT2D eigenvalue weighted by molar-refractivity contribution is 0.315. The van der Waals surface area contributed by atoms with Gasteiger partial charge in [0.25, 0.3) is 0 Å². The van der Waals surface area contributed by atoms with E-state index in [1.165, 1.54) is 4.88 Å². The van der Waals surface area contributed by atoms with E-state index in [2.05, 4.69) is 32.3 Å². The first-order chi connectivity index (χ1) is 12.8. The zero-order chi connectivity index (χ0) is 18.1. The number of aromatic nitrogens is 4. The molecule has 0 bridgehead atoms. The number of methoxy groups -OCH3 is 3. The summed E-state index contributed by atoms with van der Waals surface area (Å²) in [7, 11) is 4.83. The summed E-state index contributed by atoms with van der Waals surface area (Å²) in [5.74, 6) is 2.45. The molecule has 4 rings (SSSR count). The number of tetrazole rings is 1. The van der Waals surface area contributed by atoms with Crippen LogP contribution in [0.25, 0.3) is 0 Å². The highest BCUT2D eigenvalue weighted by Crippen LogP contribution is 2.47. The summed E-state index contributed by atoms with van der Waals surface area (Å²) >= 11 is 1.71. The summed E-state index contributed by atoms with van der Waals surface area (Å²) in [5.41, 5.74) is 0.946. The molecule has 0 amide bonds. The van der Waals surface area contributed by atoms with Crippen molar-refractivity contribution in [2.45, 2.75) is 18.5 Å². The van der Waals surface area contributed by atoms with Crippen LogP contribution in [-0.4, -0.2) is 41.5 Å². The number of nitrogens with one attached hydrogen (secondary N) is 1. The predicted octanol–water partition coefficient (Wildman–Crippen LogP) is 2.91. The molecule has 1 aliphatic rings. The molecule has 3 aromatic rings. The topological polar surface area (TPSA) is 83.3 Å². The first-order valence-electron chi connectivity index (χ1n) is 8.13. The Morgan fingerprint density at radius 1 is 1.12 bits per heavy atom. The molecule has 136 valence electrons. The maximum Gasteiger partial charge on any atom is 0.244 e. The Labute approximate surface area is 154 Å². The molecule has 1 N–H and O–H groups in total. The fraction of sp³-hybridized carbons (Fsp3) is 0.353. The SMILES string of the molecule is COc1ccc(C2CC(c3cccs3)Nc3nnnn32)c(OC)c1OC. The van der Waals surface area contributed by atoms with Gasteiger partial charge < -0.3 is 19.5 Å².